The van der Waals surface area contributed by atoms with Crippen molar-refractivity contribution in [1.29, 1.82) is 0 Å². The Hall–Kier alpha value is -4.56. The van der Waals surface area contributed by atoms with Crippen LogP contribution in [0.1, 0.15) is 21.7 Å². The van der Waals surface area contributed by atoms with Crippen molar-refractivity contribution in [2.24, 2.45) is 0 Å². The predicted octanol–water partition coefficient (Wildman–Crippen LogP) is 5.03. The molecule has 1 fully saturated rings. The summed E-state index contributed by atoms with van der Waals surface area (Å²) in [6.45, 7) is 2.13. The lowest BCUT2D eigenvalue weighted by atomic mass is 9.96. The van der Waals surface area contributed by atoms with Crippen LogP contribution in [0.3, 0.4) is 0 Å². The van der Waals surface area contributed by atoms with E-state index in [1.165, 1.54) is 0 Å². The van der Waals surface area contributed by atoms with Gasteiger partial charge in [-0.1, -0.05) is 12.1 Å². The zero-order chi connectivity index (χ0) is 26.8. The molecule has 2 aliphatic rings. The molecule has 3 heterocycles. The van der Waals surface area contributed by atoms with Crippen molar-refractivity contribution >= 4 is 22.7 Å². The summed E-state index contributed by atoms with van der Waals surface area (Å²) in [5, 5.41) is 0.836. The molecule has 0 bridgehead atoms. The minimum atomic E-state index is -0.259. The number of benzene rings is 3. The van der Waals surface area contributed by atoms with Gasteiger partial charge >= 0.3 is 0 Å². The first-order valence-electron chi connectivity index (χ1n) is 12.8. The minimum absolute atomic E-state index is 0.0694. The molecular weight excluding hydrogens is 498 g/mol. The summed E-state index contributed by atoms with van der Waals surface area (Å²) in [5.74, 6) is 1.83. The highest BCUT2D eigenvalue weighted by Crippen LogP contribution is 2.40. The number of ketones is 1. The molecule has 0 atom stereocenters. The number of nitrogens with zero attached hydrogens (tertiary/aromatic N) is 1. The number of amides is 1. The van der Waals surface area contributed by atoms with Crippen LogP contribution in [0.25, 0.3) is 22.1 Å². The number of methoxy groups -OCH3 is 1. The van der Waals surface area contributed by atoms with Gasteiger partial charge in [-0.25, -0.2) is 0 Å². The van der Waals surface area contributed by atoms with Crippen molar-refractivity contribution in [3.63, 3.8) is 0 Å². The third-order valence-corrected chi connectivity index (χ3v) is 6.93. The summed E-state index contributed by atoms with van der Waals surface area (Å²) in [5.41, 5.74) is 3.59. The Balaban J connectivity index is 1.29. The zero-order valence-electron chi connectivity index (χ0n) is 21.5. The third kappa shape index (κ3) is 4.98. The maximum absolute atomic E-state index is 13.8. The SMILES string of the molecule is COc1ccc(-c2c(C(=O)c3ccc(OCC(=O)N4CCOCC4)cc3)oc3cc4c(cc23)CC=CO4)cc1. The van der Waals surface area contributed by atoms with E-state index in [0.29, 0.717) is 54.5 Å². The Morgan fingerprint density at radius 3 is 2.44 bits per heavy atom. The van der Waals surface area contributed by atoms with E-state index in [1.54, 1.807) is 42.5 Å². The van der Waals surface area contributed by atoms with Crippen molar-refractivity contribution in [2.75, 3.05) is 40.0 Å². The summed E-state index contributed by atoms with van der Waals surface area (Å²) < 4.78 is 28.1. The van der Waals surface area contributed by atoms with Gasteiger partial charge in [0.25, 0.3) is 5.91 Å². The van der Waals surface area contributed by atoms with Crippen LogP contribution >= 0.6 is 0 Å². The molecule has 3 aromatic carbocycles. The molecule has 0 spiro atoms. The number of morpholine rings is 1. The maximum Gasteiger partial charge on any atom is 0.260 e. The number of carbonyl (C=O) groups is 2. The summed E-state index contributed by atoms with van der Waals surface area (Å²) in [4.78, 5) is 27.9. The second kappa shape index (κ2) is 10.7. The average molecular weight is 526 g/mol. The number of furan rings is 1. The fourth-order valence-electron chi connectivity index (χ4n) is 4.82. The molecule has 39 heavy (non-hydrogen) atoms. The molecular formula is C31H27NO7. The smallest absolute Gasteiger partial charge is 0.260 e. The lowest BCUT2D eigenvalue weighted by molar-refractivity contribution is -0.137. The summed E-state index contributed by atoms with van der Waals surface area (Å²) >= 11 is 0. The quantitative estimate of drug-likeness (QED) is 0.313. The van der Waals surface area contributed by atoms with Gasteiger partial charge in [-0.05, 0) is 66.1 Å². The Labute approximate surface area is 225 Å². The second-order valence-corrected chi connectivity index (χ2v) is 9.32. The molecule has 8 heteroatoms. The molecule has 1 amide bonds. The number of carbonyl (C=O) groups excluding carboxylic acids is 2. The molecule has 6 rings (SSSR count). The Bertz CT molecular complexity index is 1540. The maximum atomic E-state index is 13.8. The number of ether oxygens (including phenoxy) is 4. The lowest BCUT2D eigenvalue weighted by Gasteiger charge is -2.26. The van der Waals surface area contributed by atoms with Gasteiger partial charge < -0.3 is 28.3 Å². The number of fused-ring (bicyclic) bond motifs is 2. The van der Waals surface area contributed by atoms with Crippen LogP contribution < -0.4 is 14.2 Å². The van der Waals surface area contributed by atoms with E-state index in [-0.39, 0.29) is 24.1 Å². The van der Waals surface area contributed by atoms with Gasteiger partial charge in [0, 0.05) is 35.7 Å². The standard InChI is InChI=1S/C31H27NO7/c1-35-23-8-4-20(5-9-23)29-25-17-22-3-2-14-37-26(22)18-27(25)39-31(29)30(34)21-6-10-24(11-7-21)38-19-28(33)32-12-15-36-16-13-32/h2,4-11,14,17-18H,3,12-13,15-16,19H2,1H3. The monoisotopic (exact) mass is 525 g/mol. The van der Waals surface area contributed by atoms with Gasteiger partial charge in [0.1, 0.15) is 22.8 Å². The minimum Gasteiger partial charge on any atom is -0.497 e. The van der Waals surface area contributed by atoms with Crippen molar-refractivity contribution in [3.8, 4) is 28.4 Å². The van der Waals surface area contributed by atoms with Gasteiger partial charge in [0.15, 0.2) is 12.4 Å². The Morgan fingerprint density at radius 2 is 1.69 bits per heavy atom. The van der Waals surface area contributed by atoms with Crippen molar-refractivity contribution < 1.29 is 33.0 Å². The topological polar surface area (TPSA) is 87.4 Å². The summed E-state index contributed by atoms with van der Waals surface area (Å²) in [6, 6.07) is 18.1. The van der Waals surface area contributed by atoms with Gasteiger partial charge in [0.05, 0.1) is 26.6 Å². The van der Waals surface area contributed by atoms with Gasteiger partial charge in [-0.3, -0.25) is 9.59 Å². The van der Waals surface area contributed by atoms with Crippen molar-refractivity contribution in [1.82, 2.24) is 4.90 Å². The molecule has 8 nitrogen and oxygen atoms in total. The molecule has 0 radical (unpaired) electrons. The van der Waals surface area contributed by atoms with Gasteiger partial charge in [-0.15, -0.1) is 0 Å². The summed E-state index contributed by atoms with van der Waals surface area (Å²) in [7, 11) is 1.61. The van der Waals surface area contributed by atoms with E-state index in [0.717, 1.165) is 28.7 Å². The first-order chi connectivity index (χ1) is 19.1. The van der Waals surface area contributed by atoms with Crippen LogP contribution in [0.4, 0.5) is 0 Å². The van der Waals surface area contributed by atoms with Gasteiger partial charge in [-0.2, -0.15) is 0 Å². The lowest BCUT2D eigenvalue weighted by Crippen LogP contribution is -2.42. The van der Waals surface area contributed by atoms with E-state index < -0.39 is 0 Å². The molecule has 1 saturated heterocycles. The first-order valence-corrected chi connectivity index (χ1v) is 12.8. The first kappa shape index (κ1) is 24.8. The van der Waals surface area contributed by atoms with E-state index in [2.05, 4.69) is 0 Å². The fraction of sp³-hybridized carbons (Fsp3) is 0.226. The normalized spacial score (nSPS) is 14.5. The second-order valence-electron chi connectivity index (χ2n) is 9.32. The molecule has 0 N–H and O–H groups in total. The predicted molar refractivity (Wildman–Crippen MR) is 144 cm³/mol. The fourth-order valence-corrected chi connectivity index (χ4v) is 4.82. The van der Waals surface area contributed by atoms with E-state index in [1.807, 2.05) is 42.5 Å². The highest BCUT2D eigenvalue weighted by atomic mass is 16.5. The highest BCUT2D eigenvalue weighted by molar-refractivity contribution is 6.16. The van der Waals surface area contributed by atoms with Crippen LogP contribution in [-0.4, -0.2) is 56.6 Å². The average Bonchev–Trinajstić information content (AvgIpc) is 3.37. The van der Waals surface area contributed by atoms with Crippen LogP contribution in [-0.2, 0) is 16.0 Å². The molecule has 1 aromatic heterocycles. The number of allylic oxidation sites excluding steroid dienone is 1. The molecule has 0 aliphatic carbocycles. The van der Waals surface area contributed by atoms with Crippen molar-refractivity contribution in [3.05, 3.63) is 89.9 Å². The van der Waals surface area contributed by atoms with Crippen LogP contribution in [0.2, 0.25) is 0 Å². The number of rotatable bonds is 7. The van der Waals surface area contributed by atoms with E-state index in [9.17, 15) is 9.59 Å². The number of hydrogen-bond acceptors (Lipinski definition) is 7. The van der Waals surface area contributed by atoms with Crippen LogP contribution in [0.15, 0.2) is 77.4 Å². The zero-order valence-corrected chi connectivity index (χ0v) is 21.5. The Morgan fingerprint density at radius 1 is 0.949 bits per heavy atom. The molecule has 2 aliphatic heterocycles. The van der Waals surface area contributed by atoms with E-state index in [4.69, 9.17) is 23.4 Å². The molecule has 0 saturated carbocycles. The summed E-state index contributed by atoms with van der Waals surface area (Å²) in [6.07, 6.45) is 4.34. The largest absolute Gasteiger partial charge is 0.497 e. The van der Waals surface area contributed by atoms with Gasteiger partial charge in [0.2, 0.25) is 5.78 Å². The molecule has 0 unspecified atom stereocenters. The molecule has 4 aromatic rings. The van der Waals surface area contributed by atoms with Crippen LogP contribution in [0, 0.1) is 0 Å². The Kier molecular flexibility index (Phi) is 6.77. The molecule has 198 valence electrons. The van der Waals surface area contributed by atoms with E-state index >= 15 is 0 Å². The number of hydrogen-bond donors (Lipinski definition) is 0. The third-order valence-electron chi connectivity index (χ3n) is 6.93. The highest BCUT2D eigenvalue weighted by Gasteiger charge is 2.25. The van der Waals surface area contributed by atoms with Crippen LogP contribution in [0.5, 0.6) is 17.2 Å². The van der Waals surface area contributed by atoms with Crippen molar-refractivity contribution in [2.45, 2.75) is 6.42 Å².